The first-order valence-corrected chi connectivity index (χ1v) is 7.08. The van der Waals surface area contributed by atoms with Crippen molar-refractivity contribution in [2.24, 2.45) is 5.73 Å². The van der Waals surface area contributed by atoms with Crippen LogP contribution >= 0.6 is 12.4 Å². The van der Waals surface area contributed by atoms with Crippen molar-refractivity contribution >= 4 is 44.7 Å². The van der Waals surface area contributed by atoms with Gasteiger partial charge in [0.2, 0.25) is 0 Å². The maximum Gasteiger partial charge on any atom is 0.0641 e. The van der Waals surface area contributed by atoms with Gasteiger partial charge in [0, 0.05) is 6.04 Å². The predicted octanol–water partition coefficient (Wildman–Crippen LogP) is 4.92. The lowest BCUT2D eigenvalue weighted by atomic mass is 9.89. The Labute approximate surface area is 134 Å². The van der Waals surface area contributed by atoms with Crippen molar-refractivity contribution in [2.75, 3.05) is 0 Å². The first kappa shape index (κ1) is 14.6. The van der Waals surface area contributed by atoms with Crippen LogP contribution in [-0.4, -0.2) is 0 Å². The second-order valence-electron chi connectivity index (χ2n) is 5.48. The number of benzene rings is 4. The van der Waals surface area contributed by atoms with E-state index in [1.807, 2.05) is 0 Å². The number of halogens is 1. The normalized spacial score (nSPS) is 12.4. The zero-order chi connectivity index (χ0) is 14.4. The standard InChI is InChI=1S/C19H14N2.ClH/c20-11-10-17(21)15-8-6-14-5-4-12-2-1-3-13-7-9-16(15)19(14)18(12)13;/h1-9,17H,10,21H2;1H/t17-;/m1./s1. The van der Waals surface area contributed by atoms with Gasteiger partial charge < -0.3 is 5.73 Å². The molecule has 0 aliphatic carbocycles. The zero-order valence-corrected chi connectivity index (χ0v) is 12.7. The average molecular weight is 307 g/mol. The summed E-state index contributed by atoms with van der Waals surface area (Å²) in [6, 6.07) is 21.1. The number of nitriles is 1. The van der Waals surface area contributed by atoms with E-state index in [9.17, 15) is 0 Å². The Morgan fingerprint density at radius 1 is 0.864 bits per heavy atom. The number of nitrogens with two attached hydrogens (primary N) is 1. The molecule has 2 N–H and O–H groups in total. The van der Waals surface area contributed by atoms with E-state index in [2.05, 4.69) is 60.7 Å². The molecule has 0 saturated carbocycles. The van der Waals surface area contributed by atoms with Gasteiger partial charge in [0.15, 0.2) is 0 Å². The Bertz CT molecular complexity index is 985. The smallest absolute Gasteiger partial charge is 0.0641 e. The maximum absolute atomic E-state index is 8.91. The topological polar surface area (TPSA) is 49.8 Å². The highest BCUT2D eigenvalue weighted by molar-refractivity contribution is 6.23. The molecule has 0 unspecified atom stereocenters. The summed E-state index contributed by atoms with van der Waals surface area (Å²) in [5.41, 5.74) is 7.24. The second kappa shape index (κ2) is 5.46. The largest absolute Gasteiger partial charge is 0.323 e. The molecule has 22 heavy (non-hydrogen) atoms. The first-order valence-electron chi connectivity index (χ1n) is 7.08. The molecule has 0 aliphatic rings. The van der Waals surface area contributed by atoms with Crippen LogP contribution in [0.15, 0.2) is 54.6 Å². The fraction of sp³-hybridized carbons (Fsp3) is 0.105. The highest BCUT2D eigenvalue weighted by Crippen LogP contribution is 2.37. The third-order valence-corrected chi connectivity index (χ3v) is 4.27. The summed E-state index contributed by atoms with van der Waals surface area (Å²) in [4.78, 5) is 0. The summed E-state index contributed by atoms with van der Waals surface area (Å²) in [5, 5.41) is 16.3. The highest BCUT2D eigenvalue weighted by atomic mass is 35.5. The molecule has 4 aromatic carbocycles. The second-order valence-corrected chi connectivity index (χ2v) is 5.48. The van der Waals surface area contributed by atoms with Gasteiger partial charge in [-0.3, -0.25) is 0 Å². The van der Waals surface area contributed by atoms with Crippen LogP contribution in [0, 0.1) is 11.3 Å². The predicted molar refractivity (Wildman–Crippen MR) is 94.6 cm³/mol. The lowest BCUT2D eigenvalue weighted by molar-refractivity contribution is 0.755. The molecule has 0 radical (unpaired) electrons. The lowest BCUT2D eigenvalue weighted by Crippen LogP contribution is -2.09. The minimum Gasteiger partial charge on any atom is -0.323 e. The average Bonchev–Trinajstić information content (AvgIpc) is 2.52. The van der Waals surface area contributed by atoms with Crippen molar-refractivity contribution in [1.82, 2.24) is 0 Å². The van der Waals surface area contributed by atoms with Crippen LogP contribution < -0.4 is 5.73 Å². The Kier molecular flexibility index (Phi) is 3.62. The molecule has 3 heteroatoms. The minimum atomic E-state index is -0.237. The highest BCUT2D eigenvalue weighted by Gasteiger charge is 2.14. The maximum atomic E-state index is 8.91. The van der Waals surface area contributed by atoms with Crippen LogP contribution in [0.1, 0.15) is 18.0 Å². The number of hydrogen-bond donors (Lipinski definition) is 1. The van der Waals surface area contributed by atoms with Crippen LogP contribution in [0.2, 0.25) is 0 Å². The van der Waals surface area contributed by atoms with E-state index in [0.29, 0.717) is 6.42 Å². The quantitative estimate of drug-likeness (QED) is 0.534. The van der Waals surface area contributed by atoms with Crippen molar-refractivity contribution in [3.8, 4) is 6.07 Å². The number of hydrogen-bond acceptors (Lipinski definition) is 2. The van der Waals surface area contributed by atoms with Crippen LogP contribution in [0.4, 0.5) is 0 Å². The van der Waals surface area contributed by atoms with Gasteiger partial charge in [-0.05, 0) is 37.9 Å². The van der Waals surface area contributed by atoms with E-state index >= 15 is 0 Å². The van der Waals surface area contributed by atoms with E-state index in [1.54, 1.807) is 0 Å². The fourth-order valence-corrected chi connectivity index (χ4v) is 3.29. The monoisotopic (exact) mass is 306 g/mol. The van der Waals surface area contributed by atoms with E-state index < -0.39 is 0 Å². The van der Waals surface area contributed by atoms with Crippen molar-refractivity contribution in [3.05, 3.63) is 60.2 Å². The van der Waals surface area contributed by atoms with Gasteiger partial charge in [0.05, 0.1) is 12.5 Å². The molecule has 4 rings (SSSR count). The molecule has 0 amide bonds. The van der Waals surface area contributed by atoms with Crippen molar-refractivity contribution in [1.29, 1.82) is 5.26 Å². The summed E-state index contributed by atoms with van der Waals surface area (Å²) in [5.74, 6) is 0. The fourth-order valence-electron chi connectivity index (χ4n) is 3.29. The number of rotatable bonds is 2. The molecular weight excluding hydrogens is 292 g/mol. The number of nitrogens with zero attached hydrogens (tertiary/aromatic N) is 1. The minimum absolute atomic E-state index is 0. The molecule has 0 bridgehead atoms. The van der Waals surface area contributed by atoms with E-state index in [-0.39, 0.29) is 18.4 Å². The van der Waals surface area contributed by atoms with Crippen LogP contribution in [0.3, 0.4) is 0 Å². The molecule has 0 aromatic heterocycles. The Hall–Kier alpha value is -2.34. The van der Waals surface area contributed by atoms with Gasteiger partial charge >= 0.3 is 0 Å². The lowest BCUT2D eigenvalue weighted by Gasteiger charge is -2.16. The molecule has 0 saturated heterocycles. The summed E-state index contributed by atoms with van der Waals surface area (Å²) in [7, 11) is 0. The Morgan fingerprint density at radius 3 is 2.14 bits per heavy atom. The zero-order valence-electron chi connectivity index (χ0n) is 11.9. The summed E-state index contributed by atoms with van der Waals surface area (Å²) < 4.78 is 0. The van der Waals surface area contributed by atoms with Crippen LogP contribution in [0.25, 0.3) is 32.3 Å². The Balaban J connectivity index is 0.00000144. The SMILES string of the molecule is Cl.N#CC[C@@H](N)c1ccc2ccc3cccc4ccc1c2c34. The van der Waals surface area contributed by atoms with Gasteiger partial charge in [0.1, 0.15) is 0 Å². The molecule has 4 aromatic rings. The Morgan fingerprint density at radius 2 is 1.45 bits per heavy atom. The third-order valence-electron chi connectivity index (χ3n) is 4.27. The van der Waals surface area contributed by atoms with Gasteiger partial charge in [-0.15, -0.1) is 12.4 Å². The van der Waals surface area contributed by atoms with E-state index in [1.165, 1.54) is 32.3 Å². The summed E-state index contributed by atoms with van der Waals surface area (Å²) in [6.45, 7) is 0. The third kappa shape index (κ3) is 1.99. The molecular formula is C19H15ClN2. The van der Waals surface area contributed by atoms with E-state index in [4.69, 9.17) is 11.0 Å². The molecule has 108 valence electrons. The van der Waals surface area contributed by atoms with Gasteiger partial charge in [-0.25, -0.2) is 0 Å². The van der Waals surface area contributed by atoms with Crippen molar-refractivity contribution in [2.45, 2.75) is 12.5 Å². The van der Waals surface area contributed by atoms with Gasteiger partial charge in [0.25, 0.3) is 0 Å². The summed E-state index contributed by atoms with van der Waals surface area (Å²) in [6.07, 6.45) is 0.337. The van der Waals surface area contributed by atoms with Crippen LogP contribution in [0.5, 0.6) is 0 Å². The molecule has 0 fully saturated rings. The molecule has 1 atom stereocenters. The summed E-state index contributed by atoms with van der Waals surface area (Å²) >= 11 is 0. The first-order chi connectivity index (χ1) is 10.3. The molecule has 0 heterocycles. The van der Waals surface area contributed by atoms with Crippen molar-refractivity contribution < 1.29 is 0 Å². The molecule has 2 nitrogen and oxygen atoms in total. The van der Waals surface area contributed by atoms with Gasteiger partial charge in [-0.2, -0.15) is 5.26 Å². The van der Waals surface area contributed by atoms with Gasteiger partial charge in [-0.1, -0.05) is 54.6 Å². The molecule has 0 spiro atoms. The van der Waals surface area contributed by atoms with Crippen LogP contribution in [-0.2, 0) is 0 Å². The van der Waals surface area contributed by atoms with Crippen molar-refractivity contribution in [3.63, 3.8) is 0 Å². The van der Waals surface area contributed by atoms with E-state index in [0.717, 1.165) is 5.56 Å². The molecule has 0 aliphatic heterocycles.